The van der Waals surface area contributed by atoms with Gasteiger partial charge in [-0.1, -0.05) is 12.1 Å². The number of nitrogens with zero attached hydrogens (tertiary/aromatic N) is 1. The molecule has 0 saturated heterocycles. The van der Waals surface area contributed by atoms with Crippen molar-refractivity contribution in [3.63, 3.8) is 0 Å². The maximum Gasteiger partial charge on any atom is 0.0627 e. The standard InChI is InChI=1S/C9H11NO/c1-8-4-5-9(10-7-8)3-2-6-11/h2-5,7,11H,6H2,1H3. The molecular formula is C9H11NO. The maximum atomic E-state index is 8.47. The lowest BCUT2D eigenvalue weighted by atomic mass is 10.2. The summed E-state index contributed by atoms with van der Waals surface area (Å²) in [7, 11) is 0. The van der Waals surface area contributed by atoms with Crippen molar-refractivity contribution < 1.29 is 5.11 Å². The minimum absolute atomic E-state index is 0.0650. The van der Waals surface area contributed by atoms with Crippen LogP contribution in [0.5, 0.6) is 0 Å². The highest BCUT2D eigenvalue weighted by molar-refractivity contribution is 5.44. The van der Waals surface area contributed by atoms with Gasteiger partial charge in [-0.3, -0.25) is 4.98 Å². The molecule has 0 aromatic carbocycles. The van der Waals surface area contributed by atoms with Crippen molar-refractivity contribution in [1.82, 2.24) is 4.98 Å². The third-order valence-corrected chi connectivity index (χ3v) is 1.33. The molecule has 0 atom stereocenters. The van der Waals surface area contributed by atoms with Crippen molar-refractivity contribution in [3.8, 4) is 0 Å². The second kappa shape index (κ2) is 3.88. The van der Waals surface area contributed by atoms with E-state index in [1.807, 2.05) is 19.1 Å². The van der Waals surface area contributed by atoms with Crippen molar-refractivity contribution in [3.05, 3.63) is 35.7 Å². The van der Waals surface area contributed by atoms with Gasteiger partial charge < -0.3 is 5.11 Å². The smallest absolute Gasteiger partial charge is 0.0627 e. The number of rotatable bonds is 2. The summed E-state index contributed by atoms with van der Waals surface area (Å²) in [4.78, 5) is 4.12. The number of pyridine rings is 1. The fourth-order valence-electron chi connectivity index (χ4n) is 0.751. The highest BCUT2D eigenvalue weighted by Crippen LogP contribution is 1.99. The van der Waals surface area contributed by atoms with Gasteiger partial charge in [0.05, 0.1) is 12.3 Å². The molecule has 11 heavy (non-hydrogen) atoms. The van der Waals surface area contributed by atoms with E-state index in [0.29, 0.717) is 0 Å². The predicted molar refractivity (Wildman–Crippen MR) is 45.1 cm³/mol. The number of aliphatic hydroxyl groups is 1. The molecule has 0 aliphatic rings. The van der Waals surface area contributed by atoms with E-state index in [0.717, 1.165) is 11.3 Å². The van der Waals surface area contributed by atoms with E-state index in [-0.39, 0.29) is 6.61 Å². The summed E-state index contributed by atoms with van der Waals surface area (Å²) in [6.07, 6.45) is 5.26. The molecule has 0 aliphatic carbocycles. The summed E-state index contributed by atoms with van der Waals surface area (Å²) in [6.45, 7) is 2.06. The molecule has 2 nitrogen and oxygen atoms in total. The molecule has 0 spiro atoms. The van der Waals surface area contributed by atoms with Crippen LogP contribution in [0.3, 0.4) is 0 Å². The van der Waals surface area contributed by atoms with Crippen molar-refractivity contribution in [2.24, 2.45) is 0 Å². The molecule has 0 unspecified atom stereocenters. The van der Waals surface area contributed by atoms with Crippen molar-refractivity contribution >= 4 is 6.08 Å². The van der Waals surface area contributed by atoms with Gasteiger partial charge in [-0.25, -0.2) is 0 Å². The summed E-state index contributed by atoms with van der Waals surface area (Å²) in [5.41, 5.74) is 2.02. The topological polar surface area (TPSA) is 33.1 Å². The molecule has 1 N–H and O–H groups in total. The zero-order valence-corrected chi connectivity index (χ0v) is 6.49. The SMILES string of the molecule is Cc1ccc(C=CCO)nc1. The Bertz CT molecular complexity index is 238. The molecule has 1 heterocycles. The average Bonchev–Trinajstić information content (AvgIpc) is 2.04. The molecular weight excluding hydrogens is 138 g/mol. The van der Waals surface area contributed by atoms with Crippen LogP contribution >= 0.6 is 0 Å². The van der Waals surface area contributed by atoms with Crippen LogP contribution in [0, 0.1) is 6.92 Å². The first kappa shape index (κ1) is 7.95. The third kappa shape index (κ3) is 2.51. The molecule has 0 amide bonds. The maximum absolute atomic E-state index is 8.47. The van der Waals surface area contributed by atoms with E-state index >= 15 is 0 Å². The Hall–Kier alpha value is -1.15. The van der Waals surface area contributed by atoms with E-state index in [2.05, 4.69) is 4.98 Å². The summed E-state index contributed by atoms with van der Waals surface area (Å²) >= 11 is 0. The van der Waals surface area contributed by atoms with Gasteiger partial charge in [0, 0.05) is 6.20 Å². The predicted octanol–water partition coefficient (Wildman–Crippen LogP) is 1.40. The Balaban J connectivity index is 2.73. The Morgan fingerprint density at radius 2 is 2.36 bits per heavy atom. The van der Waals surface area contributed by atoms with Gasteiger partial charge in [-0.05, 0) is 24.6 Å². The van der Waals surface area contributed by atoms with Crippen LogP contribution in [-0.4, -0.2) is 16.7 Å². The molecule has 0 saturated carbocycles. The van der Waals surface area contributed by atoms with Gasteiger partial charge in [-0.2, -0.15) is 0 Å². The second-order valence-corrected chi connectivity index (χ2v) is 2.35. The van der Waals surface area contributed by atoms with Crippen LogP contribution in [0.25, 0.3) is 6.08 Å². The lowest BCUT2D eigenvalue weighted by molar-refractivity contribution is 0.343. The van der Waals surface area contributed by atoms with Gasteiger partial charge >= 0.3 is 0 Å². The Labute approximate surface area is 66.2 Å². The van der Waals surface area contributed by atoms with E-state index in [4.69, 9.17) is 5.11 Å². The largest absolute Gasteiger partial charge is 0.392 e. The molecule has 58 valence electrons. The summed E-state index contributed by atoms with van der Waals surface area (Å²) in [5, 5.41) is 8.47. The highest BCUT2D eigenvalue weighted by Gasteiger charge is 1.85. The lowest BCUT2D eigenvalue weighted by Crippen LogP contribution is -1.81. The zero-order valence-electron chi connectivity index (χ0n) is 6.49. The van der Waals surface area contributed by atoms with Crippen LogP contribution in [-0.2, 0) is 0 Å². The Morgan fingerprint density at radius 1 is 1.55 bits per heavy atom. The van der Waals surface area contributed by atoms with Crippen molar-refractivity contribution in [2.75, 3.05) is 6.61 Å². The summed E-state index contributed by atoms with van der Waals surface area (Å²) < 4.78 is 0. The van der Waals surface area contributed by atoms with Crippen molar-refractivity contribution in [1.29, 1.82) is 0 Å². The molecule has 2 heteroatoms. The van der Waals surface area contributed by atoms with Gasteiger partial charge in [0.2, 0.25) is 0 Å². The van der Waals surface area contributed by atoms with Crippen LogP contribution in [0.1, 0.15) is 11.3 Å². The first-order valence-corrected chi connectivity index (χ1v) is 3.53. The molecule has 0 fully saturated rings. The second-order valence-electron chi connectivity index (χ2n) is 2.35. The molecule has 0 bridgehead atoms. The van der Waals surface area contributed by atoms with E-state index in [9.17, 15) is 0 Å². The van der Waals surface area contributed by atoms with Crippen LogP contribution in [0.2, 0.25) is 0 Å². The van der Waals surface area contributed by atoms with Gasteiger partial charge in [0.15, 0.2) is 0 Å². The Morgan fingerprint density at radius 3 is 2.91 bits per heavy atom. The number of hydrogen-bond acceptors (Lipinski definition) is 2. The molecule has 1 aromatic rings. The summed E-state index contributed by atoms with van der Waals surface area (Å²) in [5.74, 6) is 0. The van der Waals surface area contributed by atoms with Crippen LogP contribution in [0.15, 0.2) is 24.4 Å². The minimum atomic E-state index is 0.0650. The van der Waals surface area contributed by atoms with E-state index < -0.39 is 0 Å². The zero-order chi connectivity index (χ0) is 8.10. The minimum Gasteiger partial charge on any atom is -0.392 e. The molecule has 1 aromatic heterocycles. The molecule has 1 rings (SSSR count). The highest BCUT2D eigenvalue weighted by atomic mass is 16.2. The fourth-order valence-corrected chi connectivity index (χ4v) is 0.751. The quantitative estimate of drug-likeness (QED) is 0.689. The Kier molecular flexibility index (Phi) is 2.81. The lowest BCUT2D eigenvalue weighted by Gasteiger charge is -1.92. The fraction of sp³-hybridized carbons (Fsp3) is 0.222. The molecule has 0 radical (unpaired) electrons. The number of aliphatic hydroxyl groups excluding tert-OH is 1. The average molecular weight is 149 g/mol. The number of aromatic nitrogens is 1. The number of hydrogen-bond donors (Lipinski definition) is 1. The summed E-state index contributed by atoms with van der Waals surface area (Å²) in [6, 6.07) is 3.91. The molecule has 0 aliphatic heterocycles. The first-order chi connectivity index (χ1) is 5.33. The third-order valence-electron chi connectivity index (χ3n) is 1.33. The van der Waals surface area contributed by atoms with Crippen LogP contribution < -0.4 is 0 Å². The van der Waals surface area contributed by atoms with Crippen molar-refractivity contribution in [2.45, 2.75) is 6.92 Å². The van der Waals surface area contributed by atoms with Crippen LogP contribution in [0.4, 0.5) is 0 Å². The van der Waals surface area contributed by atoms with Gasteiger partial charge in [0.25, 0.3) is 0 Å². The first-order valence-electron chi connectivity index (χ1n) is 3.53. The van der Waals surface area contributed by atoms with Gasteiger partial charge in [0.1, 0.15) is 0 Å². The normalized spacial score (nSPS) is 10.7. The van der Waals surface area contributed by atoms with E-state index in [1.165, 1.54) is 0 Å². The van der Waals surface area contributed by atoms with Gasteiger partial charge in [-0.15, -0.1) is 0 Å². The van der Waals surface area contributed by atoms with E-state index in [1.54, 1.807) is 18.3 Å². The number of aryl methyl sites for hydroxylation is 1. The monoisotopic (exact) mass is 149 g/mol.